The summed E-state index contributed by atoms with van der Waals surface area (Å²) in [6, 6.07) is 5.39. The number of ether oxygens (including phenoxy) is 1. The molecule has 2 rings (SSSR count). The van der Waals surface area contributed by atoms with Gasteiger partial charge in [0.2, 0.25) is 5.82 Å². The molecule has 0 unspecified atom stereocenters. The van der Waals surface area contributed by atoms with E-state index in [0.717, 1.165) is 6.07 Å². The lowest BCUT2D eigenvalue weighted by atomic mass is 10.3. The molecule has 0 aliphatic carbocycles. The van der Waals surface area contributed by atoms with Gasteiger partial charge < -0.3 is 4.74 Å². The molecular weight excluding hydrogens is 363 g/mol. The molecule has 1 aromatic heterocycles. The molecule has 0 bridgehead atoms. The topological polar surface area (TPSA) is 22.1 Å². The van der Waals surface area contributed by atoms with Crippen molar-refractivity contribution >= 4 is 39.1 Å². The molecule has 1 heterocycles. The van der Waals surface area contributed by atoms with Gasteiger partial charge in [0, 0.05) is 4.47 Å². The van der Waals surface area contributed by atoms with Crippen molar-refractivity contribution < 1.29 is 13.5 Å². The molecule has 1 aromatic carbocycles. The Hall–Kier alpha value is -0.910. The van der Waals surface area contributed by atoms with Crippen molar-refractivity contribution in [1.82, 2.24) is 4.98 Å². The first-order valence-corrected chi connectivity index (χ1v) is 6.60. The fourth-order valence-electron chi connectivity index (χ4n) is 1.34. The van der Waals surface area contributed by atoms with Gasteiger partial charge in [-0.3, -0.25) is 0 Å². The number of nitrogens with zero attached hydrogens (tertiary/aromatic N) is 1. The zero-order chi connectivity index (χ0) is 14.0. The van der Waals surface area contributed by atoms with E-state index < -0.39 is 11.6 Å². The maximum absolute atomic E-state index is 13.5. The van der Waals surface area contributed by atoms with Gasteiger partial charge in [0.05, 0.1) is 10.7 Å². The smallest absolute Gasteiger partial charge is 0.200 e. The van der Waals surface area contributed by atoms with E-state index in [9.17, 15) is 8.78 Å². The normalized spacial score (nSPS) is 10.6. The zero-order valence-corrected chi connectivity index (χ0v) is 12.4. The van der Waals surface area contributed by atoms with Crippen LogP contribution in [0, 0.1) is 11.6 Å². The van der Waals surface area contributed by atoms with E-state index in [-0.39, 0.29) is 17.5 Å². The average Bonchev–Trinajstić information content (AvgIpc) is 2.35. The lowest BCUT2D eigenvalue weighted by Crippen LogP contribution is -2.02. The summed E-state index contributed by atoms with van der Waals surface area (Å²) in [4.78, 5) is 3.94. The summed E-state index contributed by atoms with van der Waals surface area (Å²) in [6.45, 7) is -0.119. The molecule has 0 aliphatic heterocycles. The van der Waals surface area contributed by atoms with Gasteiger partial charge in [-0.15, -0.1) is 0 Å². The van der Waals surface area contributed by atoms with Gasteiger partial charge >= 0.3 is 0 Å². The van der Waals surface area contributed by atoms with Crippen molar-refractivity contribution in [3.05, 3.63) is 56.2 Å². The minimum Gasteiger partial charge on any atom is -0.484 e. The third-order valence-electron chi connectivity index (χ3n) is 2.21. The number of aromatic nitrogens is 1. The van der Waals surface area contributed by atoms with Gasteiger partial charge in [-0.05, 0) is 24.3 Å². The molecule has 0 N–H and O–H groups in total. The van der Waals surface area contributed by atoms with Crippen LogP contribution in [-0.2, 0) is 6.61 Å². The van der Waals surface area contributed by atoms with E-state index in [1.165, 1.54) is 12.1 Å². The van der Waals surface area contributed by atoms with Gasteiger partial charge in [-0.1, -0.05) is 39.1 Å². The Kier molecular flexibility index (Phi) is 4.60. The van der Waals surface area contributed by atoms with Crippen LogP contribution >= 0.6 is 39.1 Å². The third kappa shape index (κ3) is 3.55. The minimum absolute atomic E-state index is 0.119. The zero-order valence-electron chi connectivity index (χ0n) is 9.26. The van der Waals surface area contributed by atoms with E-state index in [1.54, 1.807) is 6.07 Å². The van der Waals surface area contributed by atoms with Crippen LogP contribution < -0.4 is 4.74 Å². The van der Waals surface area contributed by atoms with Gasteiger partial charge in [-0.2, -0.15) is 4.39 Å². The molecule has 0 saturated carbocycles. The molecule has 0 saturated heterocycles. The molecule has 2 nitrogen and oxygen atoms in total. The number of benzene rings is 1. The first kappa shape index (κ1) is 14.5. The van der Waals surface area contributed by atoms with E-state index in [2.05, 4.69) is 20.9 Å². The molecular formula is C12H6BrCl2F2NO. The summed E-state index contributed by atoms with van der Waals surface area (Å²) in [5, 5.41) is 0.573. The highest BCUT2D eigenvalue weighted by molar-refractivity contribution is 9.10. The molecule has 100 valence electrons. The van der Waals surface area contributed by atoms with Crippen molar-refractivity contribution in [1.29, 1.82) is 0 Å². The summed E-state index contributed by atoms with van der Waals surface area (Å²) >= 11 is 14.6. The average molecular weight is 369 g/mol. The number of hydrogen-bond acceptors (Lipinski definition) is 2. The van der Waals surface area contributed by atoms with Gasteiger partial charge in [-0.25, -0.2) is 9.37 Å². The quantitative estimate of drug-likeness (QED) is 0.561. The van der Waals surface area contributed by atoms with Crippen LogP contribution in [0.15, 0.2) is 28.7 Å². The van der Waals surface area contributed by atoms with Crippen LogP contribution in [0.2, 0.25) is 10.2 Å². The van der Waals surface area contributed by atoms with E-state index in [0.29, 0.717) is 15.2 Å². The Morgan fingerprint density at radius 3 is 2.68 bits per heavy atom. The predicted molar refractivity (Wildman–Crippen MR) is 72.6 cm³/mol. The van der Waals surface area contributed by atoms with Crippen molar-refractivity contribution in [2.75, 3.05) is 0 Å². The Morgan fingerprint density at radius 1 is 1.21 bits per heavy atom. The summed E-state index contributed by atoms with van der Waals surface area (Å²) in [6.07, 6.45) is 0. The molecule has 0 amide bonds. The van der Waals surface area contributed by atoms with Gasteiger partial charge in [0.15, 0.2) is 11.6 Å². The number of hydrogen-bond donors (Lipinski definition) is 0. The lowest BCUT2D eigenvalue weighted by molar-refractivity contribution is 0.280. The molecule has 0 atom stereocenters. The SMILES string of the molecule is Fc1cc(Br)cc(OCc2nc(Cl)ccc2Cl)c1F. The van der Waals surface area contributed by atoms with Crippen LogP contribution in [-0.4, -0.2) is 4.98 Å². The molecule has 7 heteroatoms. The molecule has 0 fully saturated rings. The van der Waals surface area contributed by atoms with Crippen molar-refractivity contribution in [3.8, 4) is 5.75 Å². The fourth-order valence-corrected chi connectivity index (χ4v) is 2.08. The van der Waals surface area contributed by atoms with E-state index in [4.69, 9.17) is 27.9 Å². The minimum atomic E-state index is -1.07. The number of rotatable bonds is 3. The van der Waals surface area contributed by atoms with Crippen LogP contribution in [0.5, 0.6) is 5.75 Å². The van der Waals surface area contributed by atoms with Crippen LogP contribution in [0.25, 0.3) is 0 Å². The molecule has 2 aromatic rings. The van der Waals surface area contributed by atoms with Crippen LogP contribution in [0.3, 0.4) is 0 Å². The summed E-state index contributed by atoms with van der Waals surface area (Å²) in [7, 11) is 0. The Balaban J connectivity index is 2.21. The number of halogens is 5. The second kappa shape index (κ2) is 6.03. The second-order valence-electron chi connectivity index (χ2n) is 3.55. The molecule has 0 spiro atoms. The summed E-state index contributed by atoms with van der Waals surface area (Å²) in [5.41, 5.74) is 0.342. The maximum Gasteiger partial charge on any atom is 0.200 e. The Bertz CT molecular complexity index is 625. The van der Waals surface area contributed by atoms with Crippen molar-refractivity contribution in [2.24, 2.45) is 0 Å². The number of pyridine rings is 1. The first-order valence-electron chi connectivity index (χ1n) is 5.05. The largest absolute Gasteiger partial charge is 0.484 e. The lowest BCUT2D eigenvalue weighted by Gasteiger charge is -2.09. The highest BCUT2D eigenvalue weighted by Gasteiger charge is 2.12. The van der Waals surface area contributed by atoms with Gasteiger partial charge in [0.25, 0.3) is 0 Å². The highest BCUT2D eigenvalue weighted by Crippen LogP contribution is 2.27. The van der Waals surface area contributed by atoms with E-state index >= 15 is 0 Å². The van der Waals surface area contributed by atoms with Crippen LogP contribution in [0.1, 0.15) is 5.69 Å². The molecule has 0 aliphatic rings. The maximum atomic E-state index is 13.5. The van der Waals surface area contributed by atoms with E-state index in [1.807, 2.05) is 0 Å². The first-order chi connectivity index (χ1) is 8.97. The summed E-state index contributed by atoms with van der Waals surface area (Å²) in [5.74, 6) is -2.31. The third-order valence-corrected chi connectivity index (χ3v) is 3.22. The monoisotopic (exact) mass is 367 g/mol. The standard InChI is InChI=1S/C12H6BrCl2F2NO/c13-6-3-8(16)12(17)10(4-6)19-5-9-7(14)1-2-11(15)18-9/h1-4H,5H2. The second-order valence-corrected chi connectivity index (χ2v) is 5.26. The predicted octanol–water partition coefficient (Wildman–Crippen LogP) is 5.01. The van der Waals surface area contributed by atoms with Crippen molar-refractivity contribution in [3.63, 3.8) is 0 Å². The Labute approximate surface area is 126 Å². The molecule has 0 radical (unpaired) electrons. The fraction of sp³-hybridized carbons (Fsp3) is 0.0833. The summed E-state index contributed by atoms with van der Waals surface area (Å²) < 4.78 is 32.2. The molecule has 19 heavy (non-hydrogen) atoms. The Morgan fingerprint density at radius 2 is 1.95 bits per heavy atom. The highest BCUT2D eigenvalue weighted by atomic mass is 79.9. The van der Waals surface area contributed by atoms with Crippen molar-refractivity contribution in [2.45, 2.75) is 6.61 Å². The van der Waals surface area contributed by atoms with Crippen LogP contribution in [0.4, 0.5) is 8.78 Å². The van der Waals surface area contributed by atoms with Gasteiger partial charge in [0.1, 0.15) is 11.8 Å².